The van der Waals surface area contributed by atoms with E-state index in [1.807, 2.05) is 0 Å². The van der Waals surface area contributed by atoms with Crippen molar-refractivity contribution in [3.8, 4) is 12.3 Å². The van der Waals surface area contributed by atoms with Crippen molar-refractivity contribution < 1.29 is 65.6 Å². The van der Waals surface area contributed by atoms with Gasteiger partial charge in [0.25, 0.3) is 0 Å². The van der Waals surface area contributed by atoms with Gasteiger partial charge >= 0.3 is 36.2 Å². The minimum absolute atomic E-state index is 0.142. The molecule has 7 N–H and O–H groups in total. The van der Waals surface area contributed by atoms with E-state index in [0.717, 1.165) is 0 Å². The summed E-state index contributed by atoms with van der Waals surface area (Å²) in [6.45, 7) is 0.198. The van der Waals surface area contributed by atoms with E-state index in [0.29, 0.717) is 19.3 Å². The number of carbonyl (C=O) groups excluding carboxylic acids is 1. The van der Waals surface area contributed by atoms with Gasteiger partial charge in [0.2, 0.25) is 0 Å². The Hall–Kier alpha value is -3.06. The fourth-order valence-electron chi connectivity index (χ4n) is 1.08. The first-order chi connectivity index (χ1) is 13.9. The van der Waals surface area contributed by atoms with Crippen LogP contribution in [0.15, 0.2) is 0 Å². The fourth-order valence-corrected chi connectivity index (χ4v) is 1.08. The topological polar surface area (TPSA) is 190 Å². The molecule has 0 aromatic carbocycles. The minimum atomic E-state index is -5.08. The van der Waals surface area contributed by atoms with E-state index in [9.17, 15) is 35.9 Å². The standard InChI is InChI=1S/C11H18N2O4.2C2HF3O2/c1-2-5-9(13)11(16)17-7-4-3-6-8(12)10(14)15;2*3-2(4,5)1(6)7/h1,8-9H,3-7,12-13H2,(H,14,15);2*(H,6,7)/t8-,9+;;/m0../s1. The van der Waals surface area contributed by atoms with Gasteiger partial charge in [-0.3, -0.25) is 9.59 Å². The average Bonchev–Trinajstić information content (AvgIpc) is 2.60. The van der Waals surface area contributed by atoms with Gasteiger partial charge in [0.1, 0.15) is 12.1 Å². The summed E-state index contributed by atoms with van der Waals surface area (Å²) in [6.07, 6.45) is -3.55. The van der Waals surface area contributed by atoms with E-state index in [2.05, 4.69) is 5.92 Å². The van der Waals surface area contributed by atoms with Crippen molar-refractivity contribution in [2.75, 3.05) is 6.61 Å². The van der Waals surface area contributed by atoms with E-state index in [1.54, 1.807) is 0 Å². The Morgan fingerprint density at radius 1 is 0.871 bits per heavy atom. The van der Waals surface area contributed by atoms with E-state index in [1.165, 1.54) is 0 Å². The number of hydrogen-bond donors (Lipinski definition) is 5. The predicted octanol–water partition coefficient (Wildman–Crippen LogP) is 0.729. The lowest BCUT2D eigenvalue weighted by atomic mass is 10.1. The van der Waals surface area contributed by atoms with Crippen LogP contribution in [-0.2, 0) is 23.9 Å². The highest BCUT2D eigenvalue weighted by Crippen LogP contribution is 2.13. The first kappa shape index (κ1) is 32.6. The molecule has 0 bridgehead atoms. The number of halogens is 6. The summed E-state index contributed by atoms with van der Waals surface area (Å²) < 4.78 is 68.3. The van der Waals surface area contributed by atoms with E-state index in [-0.39, 0.29) is 13.0 Å². The molecule has 0 saturated heterocycles. The molecule has 0 rings (SSSR count). The molecule has 0 aliphatic heterocycles. The average molecular weight is 470 g/mol. The molecule has 180 valence electrons. The summed E-state index contributed by atoms with van der Waals surface area (Å²) >= 11 is 0. The number of carbonyl (C=O) groups is 4. The second-order valence-electron chi connectivity index (χ2n) is 5.23. The Balaban J connectivity index is -0.000000460. The number of esters is 1. The Bertz CT molecular complexity index is 606. The highest BCUT2D eigenvalue weighted by atomic mass is 19.4. The van der Waals surface area contributed by atoms with Crippen molar-refractivity contribution in [1.82, 2.24) is 0 Å². The fraction of sp³-hybridized carbons (Fsp3) is 0.600. The summed E-state index contributed by atoms with van der Waals surface area (Å²) in [6, 6.07) is -1.66. The second-order valence-corrected chi connectivity index (χ2v) is 5.23. The Labute approximate surface area is 171 Å². The van der Waals surface area contributed by atoms with Gasteiger partial charge in [0, 0.05) is 6.42 Å². The van der Waals surface area contributed by atoms with Crippen LogP contribution in [0.2, 0.25) is 0 Å². The smallest absolute Gasteiger partial charge is 0.480 e. The zero-order valence-electron chi connectivity index (χ0n) is 15.6. The molecule has 0 fully saturated rings. The first-order valence-electron chi connectivity index (χ1n) is 7.82. The molecule has 0 heterocycles. The van der Waals surface area contributed by atoms with Crippen LogP contribution >= 0.6 is 0 Å². The number of carboxylic acids is 3. The normalized spacial score (nSPS) is 12.5. The Morgan fingerprint density at radius 2 is 1.26 bits per heavy atom. The molecule has 0 saturated carbocycles. The molecule has 10 nitrogen and oxygen atoms in total. The highest BCUT2D eigenvalue weighted by Gasteiger charge is 2.38. The molecule has 2 atom stereocenters. The number of terminal acetylenes is 1. The number of aliphatic carboxylic acids is 3. The van der Waals surface area contributed by atoms with E-state index in [4.69, 9.17) is 47.5 Å². The number of nitrogens with two attached hydrogens (primary N) is 2. The maximum atomic E-state index is 11.2. The summed E-state index contributed by atoms with van der Waals surface area (Å²) in [5, 5.41) is 22.8. The number of unbranched alkanes of at least 4 members (excludes halogenated alkanes) is 1. The summed E-state index contributed by atoms with van der Waals surface area (Å²) in [4.78, 5) is 39.4. The van der Waals surface area contributed by atoms with Crippen LogP contribution in [0, 0.1) is 12.3 Å². The van der Waals surface area contributed by atoms with Crippen molar-refractivity contribution in [3.05, 3.63) is 0 Å². The van der Waals surface area contributed by atoms with Crippen LogP contribution in [0.5, 0.6) is 0 Å². The number of carboxylic acid groups (broad SMARTS) is 3. The molecule has 0 aromatic rings. The van der Waals surface area contributed by atoms with Gasteiger partial charge in [-0.1, -0.05) is 0 Å². The number of alkyl halides is 6. The molecule has 31 heavy (non-hydrogen) atoms. The van der Waals surface area contributed by atoms with E-state index >= 15 is 0 Å². The maximum Gasteiger partial charge on any atom is 0.490 e. The lowest BCUT2D eigenvalue weighted by molar-refractivity contribution is -0.193. The molecule has 0 aromatic heterocycles. The maximum absolute atomic E-state index is 11.2. The molecule has 0 radical (unpaired) electrons. The van der Waals surface area contributed by atoms with Crippen LogP contribution in [0.3, 0.4) is 0 Å². The molecule has 0 amide bonds. The Morgan fingerprint density at radius 3 is 1.55 bits per heavy atom. The third-order valence-electron chi connectivity index (χ3n) is 2.60. The van der Waals surface area contributed by atoms with Crippen molar-refractivity contribution in [1.29, 1.82) is 0 Å². The van der Waals surface area contributed by atoms with Gasteiger partial charge in [0.05, 0.1) is 6.61 Å². The molecular formula is C15H20F6N2O8. The zero-order chi connectivity index (χ0) is 25.4. The lowest BCUT2D eigenvalue weighted by Crippen LogP contribution is -2.32. The van der Waals surface area contributed by atoms with Gasteiger partial charge < -0.3 is 31.5 Å². The molecule has 0 spiro atoms. The summed E-state index contributed by atoms with van der Waals surface area (Å²) in [5.74, 6) is -4.81. The lowest BCUT2D eigenvalue weighted by Gasteiger charge is -2.09. The third kappa shape index (κ3) is 21.5. The van der Waals surface area contributed by atoms with Gasteiger partial charge in [0.15, 0.2) is 0 Å². The summed E-state index contributed by atoms with van der Waals surface area (Å²) in [7, 11) is 0. The van der Waals surface area contributed by atoms with Crippen molar-refractivity contribution in [2.24, 2.45) is 11.5 Å². The van der Waals surface area contributed by atoms with Crippen LogP contribution in [0.1, 0.15) is 25.7 Å². The molecule has 0 aliphatic carbocycles. The van der Waals surface area contributed by atoms with Gasteiger partial charge in [-0.05, 0) is 19.3 Å². The first-order valence-corrected chi connectivity index (χ1v) is 7.82. The van der Waals surface area contributed by atoms with Crippen LogP contribution < -0.4 is 11.5 Å². The van der Waals surface area contributed by atoms with Crippen molar-refractivity contribution in [2.45, 2.75) is 50.1 Å². The largest absolute Gasteiger partial charge is 0.490 e. The SMILES string of the molecule is C#CC[C@@H](N)C(=O)OCCCC[C@H](N)C(=O)O.O=C(O)C(F)(F)F.O=C(O)C(F)(F)F. The monoisotopic (exact) mass is 470 g/mol. The van der Waals surface area contributed by atoms with E-state index < -0.39 is 48.3 Å². The van der Waals surface area contributed by atoms with Crippen molar-refractivity contribution in [3.63, 3.8) is 0 Å². The number of hydrogen-bond acceptors (Lipinski definition) is 7. The van der Waals surface area contributed by atoms with Crippen molar-refractivity contribution >= 4 is 23.9 Å². The molecule has 0 aliphatic rings. The predicted molar refractivity (Wildman–Crippen MR) is 89.2 cm³/mol. The van der Waals surface area contributed by atoms with Gasteiger partial charge in [-0.2, -0.15) is 26.3 Å². The van der Waals surface area contributed by atoms with Crippen LogP contribution in [0.25, 0.3) is 0 Å². The van der Waals surface area contributed by atoms with Crippen LogP contribution in [-0.4, -0.2) is 70.2 Å². The van der Waals surface area contributed by atoms with Gasteiger partial charge in [-0.25, -0.2) is 9.59 Å². The summed E-state index contributed by atoms with van der Waals surface area (Å²) in [5.41, 5.74) is 10.7. The molecule has 0 unspecified atom stereocenters. The molecule has 16 heteroatoms. The zero-order valence-corrected chi connectivity index (χ0v) is 15.6. The second kappa shape index (κ2) is 15.7. The highest BCUT2D eigenvalue weighted by molar-refractivity contribution is 5.76. The number of rotatable bonds is 8. The Kier molecular flexibility index (Phi) is 16.5. The third-order valence-corrected chi connectivity index (χ3v) is 2.60. The molecular weight excluding hydrogens is 450 g/mol. The minimum Gasteiger partial charge on any atom is -0.480 e. The quantitative estimate of drug-likeness (QED) is 0.146. The number of ether oxygens (including phenoxy) is 1. The van der Waals surface area contributed by atoms with Gasteiger partial charge in [-0.15, -0.1) is 12.3 Å². The van der Waals surface area contributed by atoms with Crippen LogP contribution in [0.4, 0.5) is 26.3 Å².